The van der Waals surface area contributed by atoms with E-state index in [1.54, 1.807) is 18.6 Å². The SMILES string of the molecule is O=C(O)CCOC[C@@H]1C[C@@H]2C[C@@H]2N1c1cc(-n2ccnc2)c2ccc(Cl)c(Cl)c2n1. The number of nitrogens with zero attached hydrogens (tertiary/aromatic N) is 4. The monoisotopic (exact) mass is 446 g/mol. The highest BCUT2D eigenvalue weighted by molar-refractivity contribution is 6.45. The number of pyridine rings is 1. The molecule has 1 aliphatic heterocycles. The average molecular weight is 447 g/mol. The highest BCUT2D eigenvalue weighted by Gasteiger charge is 2.52. The number of anilines is 1. The number of imidazole rings is 1. The summed E-state index contributed by atoms with van der Waals surface area (Å²) in [6.45, 7) is 0.686. The first kappa shape index (κ1) is 19.6. The summed E-state index contributed by atoms with van der Waals surface area (Å²) in [5.74, 6) is 0.600. The molecule has 2 aliphatic rings. The highest BCUT2D eigenvalue weighted by atomic mass is 35.5. The molecule has 0 radical (unpaired) electrons. The van der Waals surface area contributed by atoms with Crippen LogP contribution in [0.25, 0.3) is 16.6 Å². The van der Waals surface area contributed by atoms with Crippen LogP contribution in [-0.2, 0) is 9.53 Å². The molecule has 1 saturated heterocycles. The molecule has 3 aromatic rings. The maximum Gasteiger partial charge on any atom is 0.305 e. The van der Waals surface area contributed by atoms with E-state index in [0.717, 1.165) is 29.7 Å². The quantitative estimate of drug-likeness (QED) is 0.548. The van der Waals surface area contributed by atoms with Crippen LogP contribution in [0.3, 0.4) is 0 Å². The van der Waals surface area contributed by atoms with Crippen LogP contribution in [0.2, 0.25) is 10.0 Å². The number of carboxylic acids is 1. The molecule has 0 amide bonds. The van der Waals surface area contributed by atoms with Crippen molar-refractivity contribution >= 4 is 45.9 Å². The first-order valence-electron chi connectivity index (χ1n) is 9.88. The van der Waals surface area contributed by atoms with E-state index < -0.39 is 5.97 Å². The van der Waals surface area contributed by atoms with Crippen LogP contribution in [0.15, 0.2) is 36.9 Å². The van der Waals surface area contributed by atoms with Gasteiger partial charge < -0.3 is 19.3 Å². The van der Waals surface area contributed by atoms with Crippen LogP contribution in [0.1, 0.15) is 19.3 Å². The first-order chi connectivity index (χ1) is 14.5. The van der Waals surface area contributed by atoms with Gasteiger partial charge in [0, 0.05) is 29.9 Å². The number of carboxylic acid groups (broad SMARTS) is 1. The van der Waals surface area contributed by atoms with Gasteiger partial charge in [0.25, 0.3) is 0 Å². The number of aromatic nitrogens is 3. The van der Waals surface area contributed by atoms with Crippen LogP contribution in [0.5, 0.6) is 0 Å². The second kappa shape index (κ2) is 7.72. The van der Waals surface area contributed by atoms with Crippen LogP contribution in [-0.4, -0.2) is 50.9 Å². The van der Waals surface area contributed by atoms with Gasteiger partial charge >= 0.3 is 5.97 Å². The smallest absolute Gasteiger partial charge is 0.305 e. The average Bonchev–Trinajstić information content (AvgIpc) is 3.14. The molecule has 3 atom stereocenters. The number of piperidine rings is 1. The standard InChI is InChI=1S/C21H20Cl2N4O3/c22-15-2-1-14-17(26-5-4-24-11-26)9-18(25-21(14)20(15)23)27-13(7-12-8-16(12)27)10-30-6-3-19(28)29/h1-2,4-5,9,11-13,16H,3,6-8,10H2,(H,28,29)/t12-,13+,16+/m1/s1. The Morgan fingerprint density at radius 2 is 2.17 bits per heavy atom. The number of carbonyl (C=O) groups is 1. The zero-order valence-electron chi connectivity index (χ0n) is 16.0. The number of benzene rings is 1. The summed E-state index contributed by atoms with van der Waals surface area (Å²) in [4.78, 5) is 22.1. The lowest BCUT2D eigenvalue weighted by molar-refractivity contribution is -0.138. The number of aliphatic carboxylic acids is 1. The summed E-state index contributed by atoms with van der Waals surface area (Å²) in [6.07, 6.45) is 7.52. The number of fused-ring (bicyclic) bond motifs is 2. The maximum absolute atomic E-state index is 10.7. The molecule has 1 aromatic carbocycles. The molecule has 0 bridgehead atoms. The number of halogens is 2. The number of rotatable bonds is 7. The molecule has 0 unspecified atom stereocenters. The summed E-state index contributed by atoms with van der Waals surface area (Å²) in [6, 6.07) is 6.34. The fraction of sp³-hybridized carbons (Fsp3) is 0.381. The predicted octanol–water partition coefficient (Wildman–Crippen LogP) is 4.19. The Balaban J connectivity index is 1.53. The van der Waals surface area contributed by atoms with Crippen molar-refractivity contribution in [3.63, 3.8) is 0 Å². The molecule has 1 saturated carbocycles. The molecule has 0 spiro atoms. The molecule has 156 valence electrons. The molecule has 5 rings (SSSR count). The third-order valence-corrected chi connectivity index (χ3v) is 6.66. The van der Waals surface area contributed by atoms with Crippen molar-refractivity contribution in [2.24, 2.45) is 5.92 Å². The molecule has 2 fully saturated rings. The number of hydrogen-bond donors (Lipinski definition) is 1. The summed E-state index contributed by atoms with van der Waals surface area (Å²) < 4.78 is 7.61. The third kappa shape index (κ3) is 3.51. The maximum atomic E-state index is 10.7. The third-order valence-electron chi connectivity index (χ3n) is 5.87. The van der Waals surface area contributed by atoms with Gasteiger partial charge in [-0.1, -0.05) is 23.2 Å². The van der Waals surface area contributed by atoms with Crippen molar-refractivity contribution in [1.29, 1.82) is 0 Å². The fourth-order valence-electron chi connectivity index (χ4n) is 4.39. The van der Waals surface area contributed by atoms with Gasteiger partial charge in [0.05, 0.1) is 53.3 Å². The van der Waals surface area contributed by atoms with E-state index in [1.165, 1.54) is 0 Å². The van der Waals surface area contributed by atoms with Crippen molar-refractivity contribution < 1.29 is 14.6 Å². The summed E-state index contributed by atoms with van der Waals surface area (Å²) in [7, 11) is 0. The van der Waals surface area contributed by atoms with E-state index in [2.05, 4.69) is 16.0 Å². The molecule has 7 nitrogen and oxygen atoms in total. The van der Waals surface area contributed by atoms with Gasteiger partial charge in [-0.25, -0.2) is 9.97 Å². The van der Waals surface area contributed by atoms with Crippen molar-refractivity contribution in [3.05, 3.63) is 47.0 Å². The van der Waals surface area contributed by atoms with Gasteiger partial charge in [0.2, 0.25) is 0 Å². The Labute approximate surface area is 183 Å². The van der Waals surface area contributed by atoms with Crippen LogP contribution < -0.4 is 4.90 Å². The molecule has 30 heavy (non-hydrogen) atoms. The molecule has 2 aromatic heterocycles. The zero-order chi connectivity index (χ0) is 20.8. The minimum absolute atomic E-state index is 0.00663. The zero-order valence-corrected chi connectivity index (χ0v) is 17.6. The molecule has 9 heteroatoms. The summed E-state index contributed by atoms with van der Waals surface area (Å²) in [5, 5.41) is 10.6. The number of hydrogen-bond acceptors (Lipinski definition) is 5. The van der Waals surface area contributed by atoms with E-state index >= 15 is 0 Å². The van der Waals surface area contributed by atoms with Crippen molar-refractivity contribution in [1.82, 2.24) is 14.5 Å². The summed E-state index contributed by atoms with van der Waals surface area (Å²) in [5.41, 5.74) is 1.58. The lowest BCUT2D eigenvalue weighted by Gasteiger charge is -2.29. The second-order valence-corrected chi connectivity index (χ2v) is 8.59. The Bertz CT molecular complexity index is 1110. The Morgan fingerprint density at radius 1 is 1.30 bits per heavy atom. The van der Waals surface area contributed by atoms with Gasteiger partial charge in [-0.05, 0) is 30.9 Å². The lowest BCUT2D eigenvalue weighted by atomic mass is 10.1. The van der Waals surface area contributed by atoms with Gasteiger partial charge in [-0.3, -0.25) is 4.79 Å². The molecular formula is C21H20Cl2N4O3. The molecule has 3 heterocycles. The fourth-order valence-corrected chi connectivity index (χ4v) is 4.75. The van der Waals surface area contributed by atoms with E-state index in [-0.39, 0.29) is 19.1 Å². The minimum atomic E-state index is -0.853. The predicted molar refractivity (Wildman–Crippen MR) is 115 cm³/mol. The van der Waals surface area contributed by atoms with E-state index in [4.69, 9.17) is 38.0 Å². The Hall–Kier alpha value is -2.35. The molecular weight excluding hydrogens is 427 g/mol. The normalized spacial score (nSPS) is 22.5. The van der Waals surface area contributed by atoms with Gasteiger partial charge in [-0.2, -0.15) is 0 Å². The number of ether oxygens (including phenoxy) is 1. The minimum Gasteiger partial charge on any atom is -0.481 e. The van der Waals surface area contributed by atoms with E-state index in [0.29, 0.717) is 34.1 Å². The topological polar surface area (TPSA) is 80.5 Å². The van der Waals surface area contributed by atoms with Gasteiger partial charge in [0.15, 0.2) is 0 Å². The second-order valence-electron chi connectivity index (χ2n) is 7.81. The van der Waals surface area contributed by atoms with E-state index in [1.807, 2.05) is 16.8 Å². The molecule has 1 N–H and O–H groups in total. The van der Waals surface area contributed by atoms with E-state index in [9.17, 15) is 4.79 Å². The summed E-state index contributed by atoms with van der Waals surface area (Å²) >= 11 is 12.8. The molecule has 1 aliphatic carbocycles. The lowest BCUT2D eigenvalue weighted by Crippen LogP contribution is -2.37. The Morgan fingerprint density at radius 3 is 2.93 bits per heavy atom. The van der Waals surface area contributed by atoms with Gasteiger partial charge in [-0.15, -0.1) is 0 Å². The highest BCUT2D eigenvalue weighted by Crippen LogP contribution is 2.50. The van der Waals surface area contributed by atoms with Crippen molar-refractivity contribution in [2.75, 3.05) is 18.1 Å². The first-order valence-corrected chi connectivity index (χ1v) is 10.6. The largest absolute Gasteiger partial charge is 0.481 e. The van der Waals surface area contributed by atoms with Crippen molar-refractivity contribution in [2.45, 2.75) is 31.3 Å². The van der Waals surface area contributed by atoms with Gasteiger partial charge in [0.1, 0.15) is 5.82 Å². The van der Waals surface area contributed by atoms with Crippen LogP contribution in [0, 0.1) is 5.92 Å². The van der Waals surface area contributed by atoms with Crippen LogP contribution in [0.4, 0.5) is 5.82 Å². The van der Waals surface area contributed by atoms with Crippen molar-refractivity contribution in [3.8, 4) is 5.69 Å². The Kier molecular flexibility index (Phi) is 5.05. The van der Waals surface area contributed by atoms with Crippen LogP contribution >= 0.6 is 23.2 Å².